The lowest BCUT2D eigenvalue weighted by Gasteiger charge is -2.43. The van der Waals surface area contributed by atoms with Gasteiger partial charge in [0.1, 0.15) is 6.04 Å². The van der Waals surface area contributed by atoms with E-state index in [2.05, 4.69) is 75.4 Å². The third-order valence-electron chi connectivity index (χ3n) is 14.5. The maximum atomic E-state index is 16.3. The van der Waals surface area contributed by atoms with Crippen molar-refractivity contribution in [3.8, 4) is 11.3 Å². The number of alkyl halides is 1. The van der Waals surface area contributed by atoms with Crippen LogP contribution >= 0.6 is 0 Å². The van der Waals surface area contributed by atoms with Gasteiger partial charge in [-0.1, -0.05) is 45.3 Å². The van der Waals surface area contributed by atoms with Crippen molar-refractivity contribution < 1.29 is 37.8 Å². The zero-order valence-electron chi connectivity index (χ0n) is 44.3. The Labute approximate surface area is 424 Å². The van der Waals surface area contributed by atoms with E-state index in [9.17, 15) is 19.2 Å². The van der Waals surface area contributed by atoms with Crippen LogP contribution in [0.4, 0.5) is 14.9 Å². The van der Waals surface area contributed by atoms with Crippen LogP contribution in [0.3, 0.4) is 0 Å². The number of hydrogen-bond donors (Lipinski definition) is 3. The quantitative estimate of drug-likeness (QED) is 0.0337. The smallest absolute Gasteiger partial charge is 0.362 e. The first-order chi connectivity index (χ1) is 34.4. The molecular weight excluding hydrogens is 922 g/mol. The number of nitrogens with two attached hydrogens (primary N) is 1. The van der Waals surface area contributed by atoms with Crippen LogP contribution in [0.25, 0.3) is 22.2 Å². The largest absolute Gasteiger partial charge is 0.467 e. The van der Waals surface area contributed by atoms with E-state index in [4.69, 9.17) is 25.0 Å². The van der Waals surface area contributed by atoms with Gasteiger partial charge in [-0.25, -0.2) is 9.18 Å². The predicted octanol–water partition coefficient (Wildman–Crippen LogP) is 6.91. The molecular formula is C53H80FN11O7. The number of unbranched alkanes of at least 4 members (excludes halogenated alkanes) is 2. The van der Waals surface area contributed by atoms with E-state index in [0.29, 0.717) is 31.6 Å². The summed E-state index contributed by atoms with van der Waals surface area (Å²) in [4.78, 5) is 61.7. The molecule has 2 bridgehead atoms. The summed E-state index contributed by atoms with van der Waals surface area (Å²) in [5, 5.41) is 12.3. The molecule has 18 nitrogen and oxygen atoms in total. The summed E-state index contributed by atoms with van der Waals surface area (Å²) in [7, 11) is 3.22. The fourth-order valence-electron chi connectivity index (χ4n) is 10.9. The van der Waals surface area contributed by atoms with E-state index in [1.165, 1.54) is 40.3 Å². The van der Waals surface area contributed by atoms with Crippen molar-refractivity contribution in [2.24, 2.45) is 17.2 Å². The first-order valence-corrected chi connectivity index (χ1v) is 25.8. The van der Waals surface area contributed by atoms with Gasteiger partial charge in [-0.15, -0.1) is 5.10 Å². The number of aryl methyl sites for hydroxylation is 2. The van der Waals surface area contributed by atoms with Crippen LogP contribution in [0.2, 0.25) is 0 Å². The number of nitrogens with one attached hydrogen (secondary N) is 2. The summed E-state index contributed by atoms with van der Waals surface area (Å²) in [6, 6.07) is 8.82. The number of likely N-dealkylation sites (N-methyl/N-ethyl adjacent to an activating group) is 1. The second-order valence-corrected chi connectivity index (χ2v) is 21.0. The second kappa shape index (κ2) is 25.0. The van der Waals surface area contributed by atoms with Crippen LogP contribution in [-0.4, -0.2) is 142 Å². The maximum Gasteiger partial charge on any atom is 0.362 e. The standard InChI is InChI=1S/C28H37N3O4.C25H43FN8O3/c1-6-31-25-10-9-21(30-12-14-34-15-13-30)16-23(25)24(17-28(3,4)18-35-19-32)27(31)22-8-7-11-29-26(22)20(2)33-5;1-16(2)21(22(35)30-17(3)9-7-6-8-12-28-27)32(5)23(36)25(26)13-19-10-11-20(14-25)33(19)24(37)34-29-15-18(4)31-34/h7-11,16,19-20H,6,12-15,17-18H2,1-5H3;15-17,19-21,28H,6-14,27H2,1-5H3,(H,30,35). The Balaban J connectivity index is 0.000000236. The molecule has 4 N–H and O–H groups in total. The van der Waals surface area contributed by atoms with Gasteiger partial charge in [-0.3, -0.25) is 30.6 Å². The number of hydrogen-bond acceptors (Lipinski definition) is 13. The SMILES string of the molecule is CCn1c(-c2cccnc2C(C)OC)c(CC(C)(C)COC=O)c2cc(N3CCOCC3)ccc21.Cc1cnn(C(=O)N2C3CCC2CC(F)(C(=O)N(C)C(C(=O)NC(C)CCCCCNN)C(C)C)C3)n1. The van der Waals surface area contributed by atoms with Gasteiger partial charge >= 0.3 is 6.03 Å². The summed E-state index contributed by atoms with van der Waals surface area (Å²) in [6.07, 6.45) is 8.69. The lowest BCUT2D eigenvalue weighted by Crippen LogP contribution is -2.61. The van der Waals surface area contributed by atoms with Gasteiger partial charge in [0, 0.05) is 105 Å². The third kappa shape index (κ3) is 13.0. The number of nitrogens with zero attached hydrogens (tertiary/aromatic N) is 8. The summed E-state index contributed by atoms with van der Waals surface area (Å²) in [6.45, 7) is 21.6. The number of amides is 3. The Bertz CT molecular complexity index is 2440. The molecule has 4 aromatic rings. The lowest BCUT2D eigenvalue weighted by atomic mass is 9.84. The van der Waals surface area contributed by atoms with E-state index in [1.807, 2.05) is 40.0 Å². The van der Waals surface area contributed by atoms with Crippen molar-refractivity contribution in [1.29, 1.82) is 0 Å². The van der Waals surface area contributed by atoms with Crippen LogP contribution in [-0.2, 0) is 41.6 Å². The Morgan fingerprint density at radius 3 is 2.39 bits per heavy atom. The molecule has 0 radical (unpaired) electrons. The number of carbonyl (C=O) groups is 4. The molecule has 7 rings (SSSR count). The van der Waals surface area contributed by atoms with Gasteiger partial charge in [0.25, 0.3) is 12.4 Å². The monoisotopic (exact) mass is 1000 g/mol. The summed E-state index contributed by atoms with van der Waals surface area (Å²) in [5.41, 5.74) is 7.67. The Hall–Kier alpha value is -5.50. The molecule has 72 heavy (non-hydrogen) atoms. The van der Waals surface area contributed by atoms with E-state index in [0.717, 1.165) is 93.2 Å². The van der Waals surface area contributed by atoms with Crippen LogP contribution in [0, 0.1) is 18.3 Å². The van der Waals surface area contributed by atoms with Crippen molar-refractivity contribution in [2.45, 2.75) is 156 Å². The molecule has 5 atom stereocenters. The number of hydrazine groups is 1. The first kappa shape index (κ1) is 55.8. The number of rotatable bonds is 21. The maximum absolute atomic E-state index is 16.3. The summed E-state index contributed by atoms with van der Waals surface area (Å²) in [5.74, 6) is 4.12. The molecule has 3 saturated heterocycles. The Morgan fingerprint density at radius 2 is 1.78 bits per heavy atom. The van der Waals surface area contributed by atoms with Gasteiger partial charge in [0.15, 0.2) is 5.67 Å². The number of anilines is 1. The van der Waals surface area contributed by atoms with E-state index < -0.39 is 35.7 Å². The van der Waals surface area contributed by atoms with Gasteiger partial charge < -0.3 is 38.8 Å². The van der Waals surface area contributed by atoms with Crippen LogP contribution in [0.5, 0.6) is 0 Å². The average Bonchev–Trinajstić information content (AvgIpc) is 4.03. The third-order valence-corrected chi connectivity index (χ3v) is 14.5. The molecule has 3 aliphatic rings. The van der Waals surface area contributed by atoms with Gasteiger partial charge in [-0.05, 0) is 102 Å². The van der Waals surface area contributed by atoms with E-state index in [-0.39, 0.29) is 42.2 Å². The normalized spacial score (nSPS) is 20.2. The second-order valence-electron chi connectivity index (χ2n) is 21.0. The van der Waals surface area contributed by atoms with Crippen LogP contribution < -0.4 is 21.5 Å². The number of benzene rings is 1. The topological polar surface area (TPSA) is 204 Å². The molecule has 3 aromatic heterocycles. The lowest BCUT2D eigenvalue weighted by molar-refractivity contribution is -0.154. The van der Waals surface area contributed by atoms with Gasteiger partial charge in [0.05, 0.1) is 49.2 Å². The zero-order valence-corrected chi connectivity index (χ0v) is 44.3. The van der Waals surface area contributed by atoms with Gasteiger partial charge in [0.2, 0.25) is 5.91 Å². The minimum Gasteiger partial charge on any atom is -0.467 e. The number of piperidine rings is 1. The number of halogens is 1. The highest BCUT2D eigenvalue weighted by Crippen LogP contribution is 2.45. The molecule has 3 aliphatic heterocycles. The number of morpholine rings is 1. The highest BCUT2D eigenvalue weighted by atomic mass is 19.1. The Morgan fingerprint density at radius 1 is 1.07 bits per heavy atom. The number of ether oxygens (including phenoxy) is 3. The molecule has 19 heteroatoms. The van der Waals surface area contributed by atoms with E-state index in [1.54, 1.807) is 18.9 Å². The molecule has 0 spiro atoms. The minimum atomic E-state index is -2.14. The fraction of sp³-hybridized carbons (Fsp3) is 0.642. The molecule has 0 aliphatic carbocycles. The van der Waals surface area contributed by atoms with Crippen molar-refractivity contribution in [2.75, 3.05) is 58.5 Å². The predicted molar refractivity (Wildman–Crippen MR) is 276 cm³/mol. The minimum absolute atomic E-state index is 0.0629. The number of methoxy groups -OCH3 is 1. The number of aromatic nitrogens is 5. The molecule has 3 amide bonds. The van der Waals surface area contributed by atoms with Crippen molar-refractivity contribution in [1.82, 2.24) is 45.1 Å². The molecule has 6 heterocycles. The number of fused-ring (bicyclic) bond motifs is 3. The van der Waals surface area contributed by atoms with Gasteiger partial charge in [-0.2, -0.15) is 5.10 Å². The van der Waals surface area contributed by atoms with Crippen molar-refractivity contribution in [3.63, 3.8) is 0 Å². The van der Waals surface area contributed by atoms with Crippen LogP contribution in [0.15, 0.2) is 42.7 Å². The first-order valence-electron chi connectivity index (χ1n) is 25.8. The highest BCUT2D eigenvalue weighted by molar-refractivity contribution is 5.95. The zero-order chi connectivity index (χ0) is 52.3. The average molecular weight is 1000 g/mol. The van der Waals surface area contributed by atoms with Crippen LogP contribution in [0.1, 0.15) is 123 Å². The summed E-state index contributed by atoms with van der Waals surface area (Å²) >= 11 is 0. The molecule has 5 unspecified atom stereocenters. The van der Waals surface area contributed by atoms with Crippen molar-refractivity contribution >= 4 is 40.9 Å². The Kier molecular flexibility index (Phi) is 19.3. The van der Waals surface area contributed by atoms with E-state index >= 15 is 4.39 Å². The fourth-order valence-corrected chi connectivity index (χ4v) is 10.9. The molecule has 396 valence electrons. The number of carbonyl (C=O) groups excluding carboxylic acids is 4. The number of pyridine rings is 1. The molecule has 3 fully saturated rings. The highest BCUT2D eigenvalue weighted by Gasteiger charge is 2.56. The van der Waals surface area contributed by atoms with Crippen molar-refractivity contribution in [3.05, 3.63) is 59.7 Å². The molecule has 0 saturated carbocycles. The molecule has 1 aromatic carbocycles. The summed E-state index contributed by atoms with van der Waals surface area (Å²) < 4.78 is 35.2.